The third kappa shape index (κ3) is 7.91. The van der Waals surface area contributed by atoms with Crippen molar-refractivity contribution in [2.45, 2.75) is 50.4 Å². The van der Waals surface area contributed by atoms with Gasteiger partial charge in [0.1, 0.15) is 0 Å². The minimum atomic E-state index is -0.902. The van der Waals surface area contributed by atoms with Crippen LogP contribution in [0.25, 0.3) is 44.1 Å². The molecule has 1 N–H and O–H groups in total. The fourth-order valence-electron chi connectivity index (χ4n) is 8.23. The molecule has 10 rings (SSSR count). The molecule has 4 aromatic carbocycles. The lowest BCUT2D eigenvalue weighted by Crippen LogP contribution is -2.09. The van der Waals surface area contributed by atoms with Crippen molar-refractivity contribution >= 4 is 33.7 Å². The van der Waals surface area contributed by atoms with Crippen molar-refractivity contribution in [1.82, 2.24) is 19.1 Å². The number of hydrogen-bond donors (Lipinski definition) is 1. The molecule has 0 amide bonds. The number of carbonyl (C=O) groups excluding carboxylic acids is 1. The highest BCUT2D eigenvalue weighted by Crippen LogP contribution is 2.41. The van der Waals surface area contributed by atoms with Crippen LogP contribution in [0.1, 0.15) is 91.9 Å². The third-order valence-electron chi connectivity index (χ3n) is 11.7. The SMILES string of the molecule is COC(=O)c1cc(C2CC2)cnc1Cc1ccc2c(c1)c(-c1ccccc1)cn2C.Cn1cc(-c2ccccc2)c2cc(Cc3ncc(C4CC4)cc3C(=O)O)ccc21. The number of aryl methyl sites for hydroxylation is 2. The number of aromatic nitrogens is 4. The number of nitrogens with zero attached hydrogens (tertiary/aromatic N) is 4. The van der Waals surface area contributed by atoms with E-state index in [1.807, 2.05) is 48.8 Å². The molecule has 0 unspecified atom stereocenters. The first-order valence-electron chi connectivity index (χ1n) is 20.3. The highest BCUT2D eigenvalue weighted by molar-refractivity contribution is 5.98. The van der Waals surface area contributed by atoms with Crippen LogP contribution in [0.2, 0.25) is 0 Å². The van der Waals surface area contributed by atoms with Crippen molar-refractivity contribution in [2.24, 2.45) is 14.1 Å². The van der Waals surface area contributed by atoms with Gasteiger partial charge in [-0.1, -0.05) is 72.8 Å². The Hall–Kier alpha value is -6.80. The number of ether oxygens (including phenoxy) is 1. The molecule has 0 bridgehead atoms. The van der Waals surface area contributed by atoms with Crippen LogP contribution in [-0.4, -0.2) is 43.3 Å². The van der Waals surface area contributed by atoms with Gasteiger partial charge in [0.2, 0.25) is 0 Å². The lowest BCUT2D eigenvalue weighted by molar-refractivity contribution is 0.0598. The van der Waals surface area contributed by atoms with E-state index in [4.69, 9.17) is 4.74 Å². The number of carboxylic acids is 1. The van der Waals surface area contributed by atoms with Crippen molar-refractivity contribution < 1.29 is 19.4 Å². The first-order valence-corrected chi connectivity index (χ1v) is 20.3. The molecular formula is C51H46N4O4. The fourth-order valence-corrected chi connectivity index (χ4v) is 8.23. The zero-order valence-corrected chi connectivity index (χ0v) is 33.6. The van der Waals surface area contributed by atoms with Crippen LogP contribution in [0.5, 0.6) is 0 Å². The number of methoxy groups -OCH3 is 1. The van der Waals surface area contributed by atoms with Crippen molar-refractivity contribution in [2.75, 3.05) is 7.11 Å². The van der Waals surface area contributed by atoms with E-state index in [2.05, 4.69) is 118 Å². The minimum Gasteiger partial charge on any atom is -0.478 e. The monoisotopic (exact) mass is 778 g/mol. The minimum absolute atomic E-state index is 0.314. The summed E-state index contributed by atoms with van der Waals surface area (Å²) in [6.45, 7) is 0. The average molecular weight is 779 g/mol. The van der Waals surface area contributed by atoms with Crippen molar-refractivity contribution in [3.05, 3.63) is 179 Å². The summed E-state index contributed by atoms with van der Waals surface area (Å²) in [4.78, 5) is 33.4. The Morgan fingerprint density at radius 3 is 1.49 bits per heavy atom. The Kier molecular flexibility index (Phi) is 10.1. The van der Waals surface area contributed by atoms with Gasteiger partial charge in [-0.2, -0.15) is 0 Å². The molecule has 8 heteroatoms. The van der Waals surface area contributed by atoms with Crippen molar-refractivity contribution in [3.8, 4) is 22.3 Å². The predicted molar refractivity (Wildman–Crippen MR) is 233 cm³/mol. The predicted octanol–water partition coefficient (Wildman–Crippen LogP) is 10.9. The molecule has 2 saturated carbocycles. The summed E-state index contributed by atoms with van der Waals surface area (Å²) < 4.78 is 9.33. The number of carboxylic acid groups (broad SMARTS) is 1. The number of carbonyl (C=O) groups is 2. The van der Waals surface area contributed by atoms with Crippen LogP contribution in [0.4, 0.5) is 0 Å². The first-order chi connectivity index (χ1) is 28.7. The molecule has 2 aliphatic rings. The summed E-state index contributed by atoms with van der Waals surface area (Å²) in [6.07, 6.45) is 13.8. The molecule has 0 atom stereocenters. The molecule has 0 spiro atoms. The van der Waals surface area contributed by atoms with E-state index in [1.165, 1.54) is 58.5 Å². The van der Waals surface area contributed by atoms with Gasteiger partial charge >= 0.3 is 11.9 Å². The van der Waals surface area contributed by atoms with Crippen LogP contribution >= 0.6 is 0 Å². The number of pyridine rings is 2. The maximum atomic E-state index is 12.4. The van der Waals surface area contributed by atoms with Crippen molar-refractivity contribution in [1.29, 1.82) is 0 Å². The fraction of sp³-hybridized carbons (Fsp3) is 0.216. The normalized spacial score (nSPS) is 13.6. The van der Waals surface area contributed by atoms with Gasteiger partial charge in [0.25, 0.3) is 0 Å². The Balaban J connectivity index is 0.000000152. The first kappa shape index (κ1) is 37.8. The molecule has 2 fully saturated rings. The van der Waals surface area contributed by atoms with Gasteiger partial charge in [0.05, 0.1) is 29.6 Å². The molecule has 4 aromatic heterocycles. The van der Waals surface area contributed by atoms with Gasteiger partial charge in [-0.05, 0) is 107 Å². The molecule has 2 aliphatic carbocycles. The molecule has 8 nitrogen and oxygen atoms in total. The van der Waals surface area contributed by atoms with E-state index in [-0.39, 0.29) is 5.97 Å². The number of aromatic carboxylic acids is 1. The number of hydrogen-bond acceptors (Lipinski definition) is 5. The number of benzene rings is 4. The maximum absolute atomic E-state index is 12.4. The van der Waals surface area contributed by atoms with Crippen LogP contribution < -0.4 is 0 Å². The molecule has 59 heavy (non-hydrogen) atoms. The van der Waals surface area contributed by atoms with Gasteiger partial charge < -0.3 is 19.0 Å². The van der Waals surface area contributed by atoms with Crippen molar-refractivity contribution in [3.63, 3.8) is 0 Å². The number of rotatable bonds is 10. The number of esters is 1. The third-order valence-corrected chi connectivity index (χ3v) is 11.7. The Labute approximate surface area is 343 Å². The van der Waals surface area contributed by atoms with Crippen LogP contribution in [-0.2, 0) is 31.7 Å². The average Bonchev–Trinajstić information content (AvgIpc) is 4.21. The standard InChI is InChI=1S/C26H24N2O2.C25H22N2O2/c1-28-16-23(19-6-4-3-5-7-19)21-12-17(8-11-25(21)28)13-24-22(26(29)30-2)14-20(15-27-24)18-9-10-18;1-27-15-22(18-5-3-2-4-6-18)20-11-16(7-10-24(20)27)12-23-21(25(28)29)13-19(14-26-23)17-8-9-17/h3-8,11-12,14-16,18H,9-10,13H2,1-2H3;2-7,10-11,13-15,17H,8-9,12H2,1H3,(H,28,29). The van der Waals surface area contributed by atoms with Gasteiger partial charge in [-0.3, -0.25) is 9.97 Å². The summed E-state index contributed by atoms with van der Waals surface area (Å²) >= 11 is 0. The van der Waals surface area contributed by atoms with E-state index in [1.54, 1.807) is 0 Å². The smallest absolute Gasteiger partial charge is 0.339 e. The molecule has 8 aromatic rings. The van der Waals surface area contributed by atoms with Gasteiger partial charge in [-0.15, -0.1) is 0 Å². The molecule has 294 valence electrons. The highest BCUT2D eigenvalue weighted by atomic mass is 16.5. The summed E-state index contributed by atoms with van der Waals surface area (Å²) in [7, 11) is 5.55. The summed E-state index contributed by atoms with van der Waals surface area (Å²) in [5.41, 5.74) is 13.8. The highest BCUT2D eigenvalue weighted by Gasteiger charge is 2.27. The van der Waals surface area contributed by atoms with E-state index in [9.17, 15) is 14.7 Å². The molecule has 4 heterocycles. The lowest BCUT2D eigenvalue weighted by atomic mass is 9.99. The van der Waals surface area contributed by atoms with Gasteiger partial charge in [-0.25, -0.2) is 9.59 Å². The van der Waals surface area contributed by atoms with E-state index in [0.717, 1.165) is 46.3 Å². The second-order valence-corrected chi connectivity index (χ2v) is 16.0. The zero-order valence-electron chi connectivity index (χ0n) is 33.6. The number of fused-ring (bicyclic) bond motifs is 2. The van der Waals surface area contributed by atoms with Crippen LogP contribution in [0, 0.1) is 0 Å². The van der Waals surface area contributed by atoms with Gasteiger partial charge in [0.15, 0.2) is 0 Å². The molecule has 0 saturated heterocycles. The molecule has 0 aliphatic heterocycles. The molecular weight excluding hydrogens is 733 g/mol. The van der Waals surface area contributed by atoms with E-state index in [0.29, 0.717) is 41.5 Å². The maximum Gasteiger partial charge on any atom is 0.339 e. The van der Waals surface area contributed by atoms with Crippen LogP contribution in [0.3, 0.4) is 0 Å². The second-order valence-electron chi connectivity index (χ2n) is 16.0. The van der Waals surface area contributed by atoms with Gasteiger partial charge in [0, 0.05) is 84.7 Å². The van der Waals surface area contributed by atoms with Crippen LogP contribution in [0.15, 0.2) is 134 Å². The largest absolute Gasteiger partial charge is 0.478 e. The quantitative estimate of drug-likeness (QED) is 0.139. The Bertz CT molecular complexity index is 2850. The Morgan fingerprint density at radius 2 is 1.07 bits per heavy atom. The topological polar surface area (TPSA) is 99.2 Å². The lowest BCUT2D eigenvalue weighted by Gasteiger charge is -2.10. The summed E-state index contributed by atoms with van der Waals surface area (Å²) in [5, 5.41) is 12.1. The van der Waals surface area contributed by atoms with E-state index >= 15 is 0 Å². The van der Waals surface area contributed by atoms with E-state index < -0.39 is 5.97 Å². The zero-order chi connectivity index (χ0) is 40.6. The second kappa shape index (κ2) is 15.9. The summed E-state index contributed by atoms with van der Waals surface area (Å²) in [6, 6.07) is 37.4. The Morgan fingerprint density at radius 1 is 0.627 bits per heavy atom. The molecule has 0 radical (unpaired) electrons. The summed E-state index contributed by atoms with van der Waals surface area (Å²) in [5.74, 6) is -0.181.